The molecule has 0 radical (unpaired) electrons. The smallest absolute Gasteiger partial charge is 0.240 e. The standard InChI is InChI=1S/C19H25N5O2S/c25-18(23-11-5-2-6-12-23)17(15-8-3-1-4-9-15)27-19-20-21-22-24(19)14-16-10-7-13-26-16/h1,3-4,8-9,16-17H,2,5-7,10-14H2/t16-,17-/m0/s1. The number of hydrogen-bond donors (Lipinski definition) is 0. The zero-order valence-corrected chi connectivity index (χ0v) is 16.2. The van der Waals surface area contributed by atoms with Gasteiger partial charge in [0.2, 0.25) is 11.1 Å². The number of tetrazole rings is 1. The minimum absolute atomic E-state index is 0.151. The second kappa shape index (κ2) is 8.84. The summed E-state index contributed by atoms with van der Waals surface area (Å²) in [4.78, 5) is 15.3. The highest BCUT2D eigenvalue weighted by molar-refractivity contribution is 8.00. The van der Waals surface area contributed by atoms with Crippen LogP contribution in [0.15, 0.2) is 35.5 Å². The molecule has 2 aromatic rings. The first-order valence-electron chi connectivity index (χ1n) is 9.69. The molecule has 2 aliphatic heterocycles. The highest BCUT2D eigenvalue weighted by Gasteiger charge is 2.30. The number of nitrogens with zero attached hydrogens (tertiary/aromatic N) is 5. The van der Waals surface area contributed by atoms with Gasteiger partial charge >= 0.3 is 0 Å². The zero-order valence-electron chi connectivity index (χ0n) is 15.4. The monoisotopic (exact) mass is 387 g/mol. The molecule has 2 saturated heterocycles. The summed E-state index contributed by atoms with van der Waals surface area (Å²) in [6.07, 6.45) is 5.62. The van der Waals surface area contributed by atoms with Gasteiger partial charge in [-0.1, -0.05) is 42.1 Å². The van der Waals surface area contributed by atoms with Crippen molar-refractivity contribution in [3.05, 3.63) is 35.9 Å². The number of rotatable bonds is 6. The number of thioether (sulfide) groups is 1. The summed E-state index contributed by atoms with van der Waals surface area (Å²) in [6, 6.07) is 9.93. The highest BCUT2D eigenvalue weighted by atomic mass is 32.2. The van der Waals surface area contributed by atoms with Gasteiger partial charge in [0, 0.05) is 19.7 Å². The van der Waals surface area contributed by atoms with Crippen LogP contribution in [0.25, 0.3) is 0 Å². The maximum Gasteiger partial charge on any atom is 0.240 e. The summed E-state index contributed by atoms with van der Waals surface area (Å²) in [6.45, 7) is 3.11. The average Bonchev–Trinajstić information content (AvgIpc) is 3.39. The number of carbonyl (C=O) groups is 1. The highest BCUT2D eigenvalue weighted by Crippen LogP contribution is 2.36. The Kier molecular flexibility index (Phi) is 6.03. The van der Waals surface area contributed by atoms with Crippen LogP contribution in [0.4, 0.5) is 0 Å². The summed E-state index contributed by atoms with van der Waals surface area (Å²) in [7, 11) is 0. The van der Waals surface area contributed by atoms with Gasteiger partial charge in [0.25, 0.3) is 0 Å². The maximum atomic E-state index is 13.3. The quantitative estimate of drug-likeness (QED) is 0.710. The van der Waals surface area contributed by atoms with Crippen molar-refractivity contribution in [1.82, 2.24) is 25.1 Å². The molecule has 0 bridgehead atoms. The Morgan fingerprint density at radius 1 is 1.19 bits per heavy atom. The molecule has 27 heavy (non-hydrogen) atoms. The van der Waals surface area contributed by atoms with Crippen molar-refractivity contribution in [1.29, 1.82) is 0 Å². The van der Waals surface area contributed by atoms with Gasteiger partial charge in [-0.15, -0.1) is 5.10 Å². The fourth-order valence-corrected chi connectivity index (χ4v) is 4.72. The van der Waals surface area contributed by atoms with Crippen LogP contribution in [-0.2, 0) is 16.1 Å². The van der Waals surface area contributed by atoms with E-state index >= 15 is 0 Å². The summed E-state index contributed by atoms with van der Waals surface area (Å²) in [5.74, 6) is 0.151. The summed E-state index contributed by atoms with van der Waals surface area (Å²) < 4.78 is 7.49. The Morgan fingerprint density at radius 3 is 2.74 bits per heavy atom. The summed E-state index contributed by atoms with van der Waals surface area (Å²) >= 11 is 1.44. The lowest BCUT2D eigenvalue weighted by Crippen LogP contribution is -2.38. The number of carbonyl (C=O) groups excluding carboxylic acids is 1. The molecule has 0 saturated carbocycles. The third-order valence-electron chi connectivity index (χ3n) is 5.12. The SMILES string of the molecule is O=C([C@@H](Sc1nnnn1C[C@@H]1CCCO1)c1ccccc1)N1CCCCC1. The number of hydrogen-bond acceptors (Lipinski definition) is 6. The predicted octanol–water partition coefficient (Wildman–Crippen LogP) is 2.70. The van der Waals surface area contributed by atoms with Crippen molar-refractivity contribution in [3.8, 4) is 0 Å². The van der Waals surface area contributed by atoms with Gasteiger partial charge in [0.15, 0.2) is 0 Å². The van der Waals surface area contributed by atoms with E-state index in [9.17, 15) is 4.79 Å². The number of likely N-dealkylation sites (tertiary alicyclic amines) is 1. The average molecular weight is 388 g/mol. The van der Waals surface area contributed by atoms with Gasteiger partial charge < -0.3 is 9.64 Å². The number of piperidine rings is 1. The first-order valence-corrected chi connectivity index (χ1v) is 10.6. The molecule has 3 heterocycles. The van der Waals surface area contributed by atoms with Crippen LogP contribution >= 0.6 is 11.8 Å². The summed E-state index contributed by atoms with van der Waals surface area (Å²) in [5.41, 5.74) is 0.990. The number of amides is 1. The van der Waals surface area contributed by atoms with E-state index in [1.165, 1.54) is 18.2 Å². The first-order chi connectivity index (χ1) is 13.3. The minimum Gasteiger partial charge on any atom is -0.376 e. The van der Waals surface area contributed by atoms with Gasteiger partial charge in [-0.05, 0) is 48.1 Å². The lowest BCUT2D eigenvalue weighted by molar-refractivity contribution is -0.131. The Bertz CT molecular complexity index is 742. The molecule has 0 aliphatic carbocycles. The van der Waals surface area contributed by atoms with Crippen LogP contribution in [0, 0.1) is 0 Å². The topological polar surface area (TPSA) is 73.1 Å². The maximum absolute atomic E-state index is 13.3. The molecular weight excluding hydrogens is 362 g/mol. The van der Waals surface area contributed by atoms with Crippen molar-refractivity contribution in [2.75, 3.05) is 19.7 Å². The Hall–Kier alpha value is -1.93. The van der Waals surface area contributed by atoms with E-state index in [0.29, 0.717) is 11.7 Å². The van der Waals surface area contributed by atoms with E-state index in [-0.39, 0.29) is 17.3 Å². The van der Waals surface area contributed by atoms with Crippen LogP contribution < -0.4 is 0 Å². The number of benzene rings is 1. The van der Waals surface area contributed by atoms with Crippen LogP contribution in [0.2, 0.25) is 0 Å². The number of aromatic nitrogens is 4. The van der Waals surface area contributed by atoms with E-state index in [0.717, 1.165) is 50.9 Å². The van der Waals surface area contributed by atoms with Gasteiger partial charge in [-0.3, -0.25) is 4.79 Å². The van der Waals surface area contributed by atoms with Crippen molar-refractivity contribution < 1.29 is 9.53 Å². The van der Waals surface area contributed by atoms with E-state index < -0.39 is 0 Å². The van der Waals surface area contributed by atoms with Crippen LogP contribution in [0.3, 0.4) is 0 Å². The van der Waals surface area contributed by atoms with E-state index in [4.69, 9.17) is 4.74 Å². The normalized spacial score (nSPS) is 21.3. The molecule has 1 aromatic heterocycles. The van der Waals surface area contributed by atoms with Crippen molar-refractivity contribution in [2.24, 2.45) is 0 Å². The molecule has 2 aliphatic rings. The van der Waals surface area contributed by atoms with Crippen molar-refractivity contribution >= 4 is 17.7 Å². The van der Waals surface area contributed by atoms with Gasteiger partial charge in [0.05, 0.1) is 12.6 Å². The van der Waals surface area contributed by atoms with Crippen LogP contribution in [-0.4, -0.2) is 56.8 Å². The van der Waals surface area contributed by atoms with E-state index in [1.807, 2.05) is 35.2 Å². The van der Waals surface area contributed by atoms with Crippen LogP contribution in [0.5, 0.6) is 0 Å². The lowest BCUT2D eigenvalue weighted by atomic mass is 10.1. The molecule has 1 aromatic carbocycles. The van der Waals surface area contributed by atoms with E-state index in [1.54, 1.807) is 4.68 Å². The third kappa shape index (κ3) is 4.50. The molecule has 2 fully saturated rings. The minimum atomic E-state index is -0.335. The molecule has 8 heteroatoms. The van der Waals surface area contributed by atoms with Gasteiger partial charge in [-0.25, -0.2) is 4.68 Å². The molecular formula is C19H25N5O2S. The van der Waals surface area contributed by atoms with Gasteiger partial charge in [0.1, 0.15) is 5.25 Å². The molecule has 1 amide bonds. The fraction of sp³-hybridized carbons (Fsp3) is 0.579. The molecule has 2 atom stereocenters. The third-order valence-corrected chi connectivity index (χ3v) is 6.33. The molecule has 0 N–H and O–H groups in total. The molecule has 7 nitrogen and oxygen atoms in total. The molecule has 4 rings (SSSR count). The zero-order chi connectivity index (χ0) is 18.5. The Morgan fingerprint density at radius 2 is 2.00 bits per heavy atom. The Labute approximate surface area is 163 Å². The number of ether oxygens (including phenoxy) is 1. The molecule has 0 spiro atoms. The second-order valence-corrected chi connectivity index (χ2v) is 8.15. The summed E-state index contributed by atoms with van der Waals surface area (Å²) in [5, 5.41) is 12.5. The van der Waals surface area contributed by atoms with Gasteiger partial charge in [-0.2, -0.15) is 0 Å². The first kappa shape index (κ1) is 18.4. The van der Waals surface area contributed by atoms with Crippen LogP contribution in [0.1, 0.15) is 42.9 Å². The largest absolute Gasteiger partial charge is 0.376 e. The molecule has 0 unspecified atom stereocenters. The fourth-order valence-electron chi connectivity index (χ4n) is 3.65. The lowest BCUT2D eigenvalue weighted by Gasteiger charge is -2.30. The van der Waals surface area contributed by atoms with Crippen molar-refractivity contribution in [3.63, 3.8) is 0 Å². The predicted molar refractivity (Wildman–Crippen MR) is 102 cm³/mol. The molecule has 144 valence electrons. The van der Waals surface area contributed by atoms with Crippen molar-refractivity contribution in [2.45, 2.75) is 55.2 Å². The second-order valence-electron chi connectivity index (χ2n) is 7.07. The van der Waals surface area contributed by atoms with E-state index in [2.05, 4.69) is 15.5 Å². The Balaban J connectivity index is 1.54.